The average molecular weight is 482 g/mol. The molecule has 1 aromatic carbocycles. The lowest BCUT2D eigenvalue weighted by atomic mass is 10.1. The van der Waals surface area contributed by atoms with Gasteiger partial charge in [0, 0.05) is 24.4 Å². The van der Waals surface area contributed by atoms with Crippen LogP contribution in [0.25, 0.3) is 0 Å². The van der Waals surface area contributed by atoms with E-state index in [4.69, 9.17) is 18.9 Å². The molecule has 0 spiro atoms. The Morgan fingerprint density at radius 3 is 2.66 bits per heavy atom. The minimum absolute atomic E-state index is 0.145. The molecule has 1 aliphatic heterocycles. The van der Waals surface area contributed by atoms with E-state index < -0.39 is 16.3 Å². The summed E-state index contributed by atoms with van der Waals surface area (Å²) in [4.78, 5) is 13.1. The average Bonchev–Trinajstić information content (AvgIpc) is 3.42. The van der Waals surface area contributed by atoms with Gasteiger partial charge in [0.15, 0.2) is 6.26 Å². The van der Waals surface area contributed by atoms with E-state index in [-0.39, 0.29) is 25.1 Å². The zero-order chi connectivity index (χ0) is 23.0. The van der Waals surface area contributed by atoms with Gasteiger partial charge in [-0.3, -0.25) is 0 Å². The summed E-state index contributed by atoms with van der Waals surface area (Å²) in [7, 11) is -2.04. The first-order valence-corrected chi connectivity index (χ1v) is 12.8. The minimum atomic E-state index is -3.39. The van der Waals surface area contributed by atoms with Crippen molar-refractivity contribution in [3.63, 3.8) is 0 Å². The van der Waals surface area contributed by atoms with Gasteiger partial charge in [-0.25, -0.2) is 13.2 Å². The van der Waals surface area contributed by atoms with Crippen LogP contribution in [0.15, 0.2) is 54.7 Å². The summed E-state index contributed by atoms with van der Waals surface area (Å²) in [6.45, 7) is 0.688. The Bertz CT molecular complexity index is 1020. The predicted molar refractivity (Wildman–Crippen MR) is 121 cm³/mol. The smallest absolute Gasteiger partial charge is 0.348 e. The second kappa shape index (κ2) is 11.3. The molecule has 1 atom stereocenters. The number of methoxy groups -OCH3 is 1. The van der Waals surface area contributed by atoms with Gasteiger partial charge >= 0.3 is 11.9 Å². The van der Waals surface area contributed by atoms with E-state index in [1.54, 1.807) is 6.07 Å². The van der Waals surface area contributed by atoms with Crippen LogP contribution in [-0.4, -0.2) is 58.0 Å². The number of sulfonamides is 1. The molecule has 2 heterocycles. The highest BCUT2D eigenvalue weighted by atomic mass is 32.2. The number of carbonyl (C=O) groups excluding carboxylic acids is 1. The molecular formula is C22H27NO7S2. The molecule has 0 saturated carbocycles. The van der Waals surface area contributed by atoms with Crippen LogP contribution >= 0.6 is 11.3 Å². The van der Waals surface area contributed by atoms with Crippen LogP contribution in [0.3, 0.4) is 0 Å². The SMILES string of the molecule is COC(=O)c1ccc(CCCN(CCOC2=COC(Cc3ccccc3)O2)S(C)(=O)=O)s1. The second-order valence-electron chi connectivity index (χ2n) is 7.18. The number of thiophene rings is 1. The standard InChI is InChI=1S/C22H27NO7S2/c1-27-22(24)19-11-10-18(31-19)9-6-12-23(32(2,25)26)13-14-28-21-16-29-20(30-21)15-17-7-4-3-5-8-17/h3-5,7-8,10-11,16,20H,6,9,12-15H2,1-2H3. The highest BCUT2D eigenvalue weighted by molar-refractivity contribution is 7.88. The number of carbonyl (C=O) groups is 1. The van der Waals surface area contributed by atoms with Gasteiger partial charge in [0.2, 0.25) is 16.3 Å². The summed E-state index contributed by atoms with van der Waals surface area (Å²) in [5.41, 5.74) is 1.08. The molecule has 0 bridgehead atoms. The van der Waals surface area contributed by atoms with Gasteiger partial charge in [0.1, 0.15) is 11.5 Å². The molecular weight excluding hydrogens is 454 g/mol. The lowest BCUT2D eigenvalue weighted by Gasteiger charge is -2.20. The van der Waals surface area contributed by atoms with Crippen LogP contribution in [0.5, 0.6) is 0 Å². The van der Waals surface area contributed by atoms with Gasteiger partial charge in [-0.05, 0) is 30.5 Å². The quantitative estimate of drug-likeness (QED) is 0.430. The van der Waals surface area contributed by atoms with Crippen molar-refractivity contribution in [2.24, 2.45) is 0 Å². The van der Waals surface area contributed by atoms with E-state index in [2.05, 4.69) is 0 Å². The Morgan fingerprint density at radius 1 is 1.16 bits per heavy atom. The summed E-state index contributed by atoms with van der Waals surface area (Å²) in [6, 6.07) is 13.4. The van der Waals surface area contributed by atoms with Crippen molar-refractivity contribution in [3.8, 4) is 0 Å². The fourth-order valence-corrected chi connectivity index (χ4v) is 4.96. The van der Waals surface area contributed by atoms with Gasteiger partial charge in [0.25, 0.3) is 0 Å². The Kier molecular flexibility index (Phi) is 8.54. The van der Waals surface area contributed by atoms with Crippen molar-refractivity contribution in [1.29, 1.82) is 0 Å². The van der Waals surface area contributed by atoms with E-state index in [0.717, 1.165) is 10.4 Å². The topological polar surface area (TPSA) is 91.4 Å². The Labute approximate surface area is 192 Å². The molecule has 0 amide bonds. The molecule has 0 aliphatic carbocycles. The number of aryl methyl sites for hydroxylation is 1. The first-order chi connectivity index (χ1) is 15.3. The summed E-state index contributed by atoms with van der Waals surface area (Å²) >= 11 is 1.35. The maximum atomic E-state index is 12.1. The van der Waals surface area contributed by atoms with Crippen LogP contribution in [0, 0.1) is 0 Å². The molecule has 1 aliphatic rings. The maximum Gasteiger partial charge on any atom is 0.348 e. The van der Waals surface area contributed by atoms with Gasteiger partial charge in [-0.2, -0.15) is 4.31 Å². The fraction of sp³-hybridized carbons (Fsp3) is 0.409. The Morgan fingerprint density at radius 2 is 1.94 bits per heavy atom. The summed E-state index contributed by atoms with van der Waals surface area (Å²) in [5.74, 6) is -0.122. The third-order valence-electron chi connectivity index (χ3n) is 4.74. The van der Waals surface area contributed by atoms with Crippen molar-refractivity contribution in [1.82, 2.24) is 4.31 Å². The molecule has 32 heavy (non-hydrogen) atoms. The molecule has 3 rings (SSSR count). The largest absolute Gasteiger partial charge is 0.465 e. The maximum absolute atomic E-state index is 12.1. The van der Waals surface area contributed by atoms with Crippen LogP contribution in [-0.2, 0) is 41.8 Å². The number of rotatable bonds is 12. The molecule has 8 nitrogen and oxygen atoms in total. The van der Waals surface area contributed by atoms with Gasteiger partial charge in [-0.15, -0.1) is 11.3 Å². The van der Waals surface area contributed by atoms with Crippen LogP contribution < -0.4 is 0 Å². The number of benzene rings is 1. The van der Waals surface area contributed by atoms with Gasteiger partial charge < -0.3 is 18.9 Å². The van der Waals surface area contributed by atoms with Crippen LogP contribution in [0.2, 0.25) is 0 Å². The lowest BCUT2D eigenvalue weighted by molar-refractivity contribution is -0.0702. The first kappa shape index (κ1) is 24.1. The summed E-state index contributed by atoms with van der Waals surface area (Å²) in [5, 5.41) is 0. The van der Waals surface area contributed by atoms with Crippen LogP contribution in [0.1, 0.15) is 26.5 Å². The third-order valence-corrected chi connectivity index (χ3v) is 7.17. The van der Waals surface area contributed by atoms with Gasteiger partial charge in [0.05, 0.1) is 13.4 Å². The minimum Gasteiger partial charge on any atom is -0.465 e. The number of ether oxygens (including phenoxy) is 4. The van der Waals surface area contributed by atoms with E-state index in [1.165, 1.54) is 35.3 Å². The summed E-state index contributed by atoms with van der Waals surface area (Å²) in [6.07, 6.45) is 4.00. The normalized spacial score (nSPS) is 15.7. The van der Waals surface area contributed by atoms with E-state index in [1.807, 2.05) is 36.4 Å². The van der Waals surface area contributed by atoms with E-state index in [9.17, 15) is 13.2 Å². The number of hydrogen-bond acceptors (Lipinski definition) is 8. The molecule has 174 valence electrons. The Hall–Kier alpha value is -2.56. The number of esters is 1. The highest BCUT2D eigenvalue weighted by Gasteiger charge is 2.22. The molecule has 1 unspecified atom stereocenters. The molecule has 0 N–H and O–H groups in total. The molecule has 1 aromatic heterocycles. The van der Waals surface area contributed by atoms with Crippen LogP contribution in [0.4, 0.5) is 0 Å². The van der Waals surface area contributed by atoms with E-state index in [0.29, 0.717) is 30.7 Å². The van der Waals surface area contributed by atoms with Crippen molar-refractivity contribution >= 4 is 27.3 Å². The predicted octanol–water partition coefficient (Wildman–Crippen LogP) is 3.16. The lowest BCUT2D eigenvalue weighted by Crippen LogP contribution is -2.34. The molecule has 10 heteroatoms. The fourth-order valence-electron chi connectivity index (χ4n) is 3.12. The van der Waals surface area contributed by atoms with Crippen molar-refractivity contribution in [3.05, 3.63) is 70.0 Å². The molecule has 2 aromatic rings. The van der Waals surface area contributed by atoms with Crippen molar-refractivity contribution < 1.29 is 32.2 Å². The summed E-state index contributed by atoms with van der Waals surface area (Å²) < 4.78 is 47.0. The molecule has 0 radical (unpaired) electrons. The molecule has 0 fully saturated rings. The van der Waals surface area contributed by atoms with Crippen molar-refractivity contribution in [2.45, 2.75) is 25.6 Å². The van der Waals surface area contributed by atoms with E-state index >= 15 is 0 Å². The third kappa shape index (κ3) is 7.25. The second-order valence-corrected chi connectivity index (χ2v) is 10.3. The van der Waals surface area contributed by atoms with Gasteiger partial charge in [-0.1, -0.05) is 30.3 Å². The zero-order valence-corrected chi connectivity index (χ0v) is 19.7. The zero-order valence-electron chi connectivity index (χ0n) is 18.1. The molecule has 0 saturated heterocycles. The Balaban J connectivity index is 1.40. The monoisotopic (exact) mass is 481 g/mol. The number of hydrogen-bond donors (Lipinski definition) is 0. The number of nitrogens with zero attached hydrogens (tertiary/aromatic N) is 1. The first-order valence-electron chi connectivity index (χ1n) is 10.2. The highest BCUT2D eigenvalue weighted by Crippen LogP contribution is 2.20. The van der Waals surface area contributed by atoms with Crippen molar-refractivity contribution in [2.75, 3.05) is 33.1 Å².